The summed E-state index contributed by atoms with van der Waals surface area (Å²) in [6, 6.07) is 22.8. The summed E-state index contributed by atoms with van der Waals surface area (Å²) in [5.74, 6) is 0. The summed E-state index contributed by atoms with van der Waals surface area (Å²) in [6.07, 6.45) is 4.97. The van der Waals surface area contributed by atoms with Crippen LogP contribution in [0.4, 0.5) is 0 Å². The molecule has 3 aromatic rings. The Balaban J connectivity index is 1.79. The molecule has 0 heterocycles. The maximum Gasteiger partial charge on any atom is 0.0490 e. The average molecular weight is 369 g/mol. The third-order valence-corrected chi connectivity index (χ3v) is 5.05. The molecule has 0 amide bonds. The van der Waals surface area contributed by atoms with Crippen molar-refractivity contribution in [1.82, 2.24) is 0 Å². The highest BCUT2D eigenvalue weighted by Crippen LogP contribution is 2.33. The van der Waals surface area contributed by atoms with Crippen LogP contribution in [-0.2, 0) is 6.42 Å². The third-order valence-electron chi connectivity index (χ3n) is 4.48. The molecule has 0 aliphatic heterocycles. The minimum atomic E-state index is 0.732. The van der Waals surface area contributed by atoms with Crippen LogP contribution in [0.15, 0.2) is 66.7 Å². The van der Waals surface area contributed by atoms with Crippen LogP contribution in [0, 0.1) is 0 Å². The lowest BCUT2D eigenvalue weighted by molar-refractivity contribution is 0.717. The van der Waals surface area contributed by atoms with E-state index >= 15 is 0 Å². The van der Waals surface area contributed by atoms with Crippen molar-refractivity contribution in [3.63, 3.8) is 0 Å². The molecule has 2 heteroatoms. The molecule has 3 aromatic carbocycles. The SMILES string of the molecule is CCCCCc1ccc(-c2ccc(-c3ccc(Cl)cc3)c(Cl)c2)cc1. The van der Waals surface area contributed by atoms with Crippen LogP contribution < -0.4 is 0 Å². The summed E-state index contributed by atoms with van der Waals surface area (Å²) in [5, 5.41) is 1.49. The van der Waals surface area contributed by atoms with E-state index in [0.29, 0.717) is 0 Å². The van der Waals surface area contributed by atoms with E-state index in [2.05, 4.69) is 43.3 Å². The van der Waals surface area contributed by atoms with E-state index in [9.17, 15) is 0 Å². The second-order valence-electron chi connectivity index (χ2n) is 6.36. The lowest BCUT2D eigenvalue weighted by Crippen LogP contribution is -1.87. The highest BCUT2D eigenvalue weighted by molar-refractivity contribution is 6.33. The molecule has 0 atom stereocenters. The predicted molar refractivity (Wildman–Crippen MR) is 111 cm³/mol. The molecule has 0 radical (unpaired) electrons. The number of rotatable bonds is 6. The molecule has 0 aliphatic carbocycles. The molecule has 25 heavy (non-hydrogen) atoms. The van der Waals surface area contributed by atoms with Gasteiger partial charge in [-0.25, -0.2) is 0 Å². The fourth-order valence-corrected chi connectivity index (χ4v) is 3.42. The molecular weight excluding hydrogens is 347 g/mol. The average Bonchev–Trinajstić information content (AvgIpc) is 2.63. The molecule has 0 fully saturated rings. The summed E-state index contributed by atoms with van der Waals surface area (Å²) < 4.78 is 0. The van der Waals surface area contributed by atoms with Gasteiger partial charge >= 0.3 is 0 Å². The summed E-state index contributed by atoms with van der Waals surface area (Å²) >= 11 is 12.5. The Hall–Kier alpha value is -1.76. The van der Waals surface area contributed by atoms with Crippen molar-refractivity contribution in [3.8, 4) is 22.3 Å². The first-order valence-electron chi connectivity index (χ1n) is 8.82. The van der Waals surface area contributed by atoms with Crippen LogP contribution in [0.1, 0.15) is 31.7 Å². The number of hydrogen-bond acceptors (Lipinski definition) is 0. The summed E-state index contributed by atoms with van der Waals surface area (Å²) in [4.78, 5) is 0. The Morgan fingerprint density at radius 1 is 0.680 bits per heavy atom. The quantitative estimate of drug-likeness (QED) is 0.386. The van der Waals surface area contributed by atoms with Crippen molar-refractivity contribution >= 4 is 23.2 Å². The van der Waals surface area contributed by atoms with Crippen molar-refractivity contribution in [2.45, 2.75) is 32.6 Å². The number of halogens is 2. The smallest absolute Gasteiger partial charge is 0.0490 e. The van der Waals surface area contributed by atoms with Crippen LogP contribution >= 0.6 is 23.2 Å². The minimum absolute atomic E-state index is 0.732. The van der Waals surface area contributed by atoms with E-state index in [-0.39, 0.29) is 0 Å². The van der Waals surface area contributed by atoms with Gasteiger partial charge in [-0.3, -0.25) is 0 Å². The van der Waals surface area contributed by atoms with E-state index in [1.165, 1.54) is 30.4 Å². The molecular formula is C23H22Cl2. The first-order valence-corrected chi connectivity index (χ1v) is 9.58. The van der Waals surface area contributed by atoms with Crippen LogP contribution in [0.2, 0.25) is 10.0 Å². The molecule has 0 bridgehead atoms. The van der Waals surface area contributed by atoms with Gasteiger partial charge in [0.05, 0.1) is 0 Å². The first kappa shape index (κ1) is 18.0. The predicted octanol–water partition coefficient (Wildman–Crippen LogP) is 8.06. The Labute approximate surface area is 160 Å². The number of hydrogen-bond donors (Lipinski definition) is 0. The van der Waals surface area contributed by atoms with Gasteiger partial charge in [0.15, 0.2) is 0 Å². The van der Waals surface area contributed by atoms with Crippen molar-refractivity contribution in [2.75, 3.05) is 0 Å². The van der Waals surface area contributed by atoms with Gasteiger partial charge in [0, 0.05) is 15.6 Å². The fourth-order valence-electron chi connectivity index (χ4n) is 3.00. The van der Waals surface area contributed by atoms with Gasteiger partial charge < -0.3 is 0 Å². The Kier molecular flexibility index (Phi) is 6.18. The van der Waals surface area contributed by atoms with Crippen LogP contribution in [0.5, 0.6) is 0 Å². The molecule has 0 nitrogen and oxygen atoms in total. The molecule has 0 aromatic heterocycles. The van der Waals surface area contributed by atoms with Crippen LogP contribution in [-0.4, -0.2) is 0 Å². The number of unbranched alkanes of at least 4 members (excludes halogenated alkanes) is 2. The molecule has 0 N–H and O–H groups in total. The van der Waals surface area contributed by atoms with E-state index in [1.807, 2.05) is 30.3 Å². The maximum atomic E-state index is 6.54. The van der Waals surface area contributed by atoms with Crippen LogP contribution in [0.25, 0.3) is 22.3 Å². The zero-order valence-corrected chi connectivity index (χ0v) is 15.9. The maximum absolute atomic E-state index is 6.54. The second kappa shape index (κ2) is 8.56. The normalized spacial score (nSPS) is 10.8. The van der Waals surface area contributed by atoms with Crippen molar-refractivity contribution < 1.29 is 0 Å². The van der Waals surface area contributed by atoms with Crippen molar-refractivity contribution in [2.24, 2.45) is 0 Å². The summed E-state index contributed by atoms with van der Waals surface area (Å²) in [5.41, 5.74) is 5.85. The third kappa shape index (κ3) is 4.66. The lowest BCUT2D eigenvalue weighted by Gasteiger charge is -2.09. The molecule has 0 spiro atoms. The first-order chi connectivity index (χ1) is 12.2. The van der Waals surface area contributed by atoms with Gasteiger partial charge in [0.25, 0.3) is 0 Å². The Morgan fingerprint density at radius 3 is 1.96 bits per heavy atom. The van der Waals surface area contributed by atoms with E-state index in [4.69, 9.17) is 23.2 Å². The summed E-state index contributed by atoms with van der Waals surface area (Å²) in [7, 11) is 0. The highest BCUT2D eigenvalue weighted by Gasteiger charge is 2.06. The van der Waals surface area contributed by atoms with Crippen molar-refractivity contribution in [3.05, 3.63) is 82.3 Å². The minimum Gasteiger partial charge on any atom is -0.0843 e. The van der Waals surface area contributed by atoms with Gasteiger partial charge in [-0.1, -0.05) is 91.5 Å². The molecule has 128 valence electrons. The molecule has 3 rings (SSSR count). The van der Waals surface area contributed by atoms with E-state index < -0.39 is 0 Å². The molecule has 0 aliphatic rings. The van der Waals surface area contributed by atoms with Crippen molar-refractivity contribution in [1.29, 1.82) is 0 Å². The second-order valence-corrected chi connectivity index (χ2v) is 7.20. The Bertz CT molecular complexity index is 818. The van der Waals surface area contributed by atoms with Gasteiger partial charge in [0.2, 0.25) is 0 Å². The zero-order valence-electron chi connectivity index (χ0n) is 14.4. The molecule has 0 saturated carbocycles. The van der Waals surface area contributed by atoms with E-state index in [1.54, 1.807) is 0 Å². The van der Waals surface area contributed by atoms with Gasteiger partial charge in [-0.15, -0.1) is 0 Å². The highest BCUT2D eigenvalue weighted by atomic mass is 35.5. The standard InChI is InChI=1S/C23H22Cl2/c1-2-3-4-5-17-6-8-18(9-7-17)20-12-15-22(23(25)16-20)19-10-13-21(24)14-11-19/h6-16H,2-5H2,1H3. The van der Waals surface area contributed by atoms with Gasteiger partial charge in [-0.05, 0) is 53.3 Å². The van der Waals surface area contributed by atoms with Gasteiger partial charge in [0.1, 0.15) is 0 Å². The summed E-state index contributed by atoms with van der Waals surface area (Å²) in [6.45, 7) is 2.24. The monoisotopic (exact) mass is 368 g/mol. The largest absolute Gasteiger partial charge is 0.0843 e. The Morgan fingerprint density at radius 2 is 1.32 bits per heavy atom. The lowest BCUT2D eigenvalue weighted by atomic mass is 9.98. The number of benzene rings is 3. The topological polar surface area (TPSA) is 0 Å². The van der Waals surface area contributed by atoms with E-state index in [0.717, 1.165) is 33.2 Å². The zero-order chi connectivity index (χ0) is 17.6. The fraction of sp³-hybridized carbons (Fsp3) is 0.217. The van der Waals surface area contributed by atoms with Crippen LogP contribution in [0.3, 0.4) is 0 Å². The molecule has 0 unspecified atom stereocenters. The van der Waals surface area contributed by atoms with Gasteiger partial charge in [-0.2, -0.15) is 0 Å². The number of aryl methyl sites for hydroxylation is 1. The molecule has 0 saturated heterocycles.